The Morgan fingerprint density at radius 2 is 2.20 bits per heavy atom. The molecule has 0 aliphatic carbocycles. The molecule has 0 saturated heterocycles. The summed E-state index contributed by atoms with van der Waals surface area (Å²) in [4.78, 5) is 21.9. The molecule has 3 N–H and O–H groups in total. The van der Waals surface area contributed by atoms with Gasteiger partial charge in [0.15, 0.2) is 0 Å². The first-order valence-corrected chi connectivity index (χ1v) is 5.80. The van der Waals surface area contributed by atoms with Crippen LogP contribution in [-0.4, -0.2) is 20.6 Å². The van der Waals surface area contributed by atoms with Gasteiger partial charge in [0.1, 0.15) is 0 Å². The second-order valence-corrected chi connectivity index (χ2v) is 4.22. The van der Waals surface area contributed by atoms with Crippen LogP contribution in [0.3, 0.4) is 0 Å². The van der Waals surface area contributed by atoms with Crippen LogP contribution in [0.4, 0.5) is 5.82 Å². The van der Waals surface area contributed by atoms with E-state index in [0.717, 1.165) is 0 Å². The van der Waals surface area contributed by atoms with Gasteiger partial charge >= 0.3 is 5.82 Å². The lowest BCUT2D eigenvalue weighted by Gasteiger charge is -2.06. The molecule has 104 valence electrons. The standard InChI is InChI=1S/C12H13N5O3/c1-8-6-16(15-11(8)17(19)20)7-9-4-2-3-5-10(9)12(18)14-13/h2-6H,7,13H2,1H3,(H,14,18). The highest BCUT2D eigenvalue weighted by Gasteiger charge is 2.18. The van der Waals surface area contributed by atoms with Gasteiger partial charge in [-0.25, -0.2) is 5.84 Å². The monoisotopic (exact) mass is 275 g/mol. The van der Waals surface area contributed by atoms with Gasteiger partial charge in [-0.3, -0.25) is 10.2 Å². The molecule has 0 aliphatic heterocycles. The fraction of sp³-hybridized carbons (Fsp3) is 0.167. The van der Waals surface area contributed by atoms with Crippen molar-refractivity contribution in [3.63, 3.8) is 0 Å². The average Bonchev–Trinajstić information content (AvgIpc) is 2.79. The van der Waals surface area contributed by atoms with E-state index in [1.54, 1.807) is 37.4 Å². The van der Waals surface area contributed by atoms with E-state index in [0.29, 0.717) is 16.7 Å². The Morgan fingerprint density at radius 3 is 2.80 bits per heavy atom. The van der Waals surface area contributed by atoms with Gasteiger partial charge in [0.05, 0.1) is 23.4 Å². The van der Waals surface area contributed by atoms with Crippen molar-refractivity contribution in [2.75, 3.05) is 0 Å². The molecule has 20 heavy (non-hydrogen) atoms. The number of nitro groups is 1. The number of aromatic nitrogens is 2. The molecule has 1 aromatic carbocycles. The van der Waals surface area contributed by atoms with Crippen molar-refractivity contribution >= 4 is 11.7 Å². The first-order valence-electron chi connectivity index (χ1n) is 5.80. The molecule has 0 saturated carbocycles. The Morgan fingerprint density at radius 1 is 1.50 bits per heavy atom. The predicted octanol–water partition coefficient (Wildman–Crippen LogP) is 0.752. The first kappa shape index (κ1) is 13.7. The highest BCUT2D eigenvalue weighted by atomic mass is 16.6. The number of carbonyl (C=O) groups excluding carboxylic acids is 1. The van der Waals surface area contributed by atoms with E-state index in [-0.39, 0.29) is 12.4 Å². The van der Waals surface area contributed by atoms with Crippen molar-refractivity contribution in [3.8, 4) is 0 Å². The third-order valence-electron chi connectivity index (χ3n) is 2.82. The third kappa shape index (κ3) is 2.64. The number of carbonyl (C=O) groups is 1. The van der Waals surface area contributed by atoms with Gasteiger partial charge in [-0.2, -0.15) is 4.68 Å². The van der Waals surface area contributed by atoms with E-state index >= 15 is 0 Å². The van der Waals surface area contributed by atoms with Crippen LogP contribution in [0.1, 0.15) is 21.5 Å². The molecular formula is C12H13N5O3. The minimum absolute atomic E-state index is 0.189. The normalized spacial score (nSPS) is 10.3. The number of nitrogens with zero attached hydrogens (tertiary/aromatic N) is 3. The summed E-state index contributed by atoms with van der Waals surface area (Å²) >= 11 is 0. The van der Waals surface area contributed by atoms with Crippen molar-refractivity contribution in [1.29, 1.82) is 0 Å². The molecular weight excluding hydrogens is 262 g/mol. The summed E-state index contributed by atoms with van der Waals surface area (Å²) in [7, 11) is 0. The summed E-state index contributed by atoms with van der Waals surface area (Å²) in [6.45, 7) is 1.86. The number of benzene rings is 1. The van der Waals surface area contributed by atoms with Crippen LogP contribution in [0.2, 0.25) is 0 Å². The molecule has 8 nitrogen and oxygen atoms in total. The Kier molecular flexibility index (Phi) is 3.76. The predicted molar refractivity (Wildman–Crippen MR) is 70.8 cm³/mol. The highest BCUT2D eigenvalue weighted by Crippen LogP contribution is 2.16. The molecule has 0 unspecified atom stereocenters. The summed E-state index contributed by atoms with van der Waals surface area (Å²) in [5.41, 5.74) is 3.62. The molecule has 8 heteroatoms. The fourth-order valence-corrected chi connectivity index (χ4v) is 1.90. The lowest BCUT2D eigenvalue weighted by Crippen LogP contribution is -2.31. The molecule has 1 heterocycles. The molecule has 1 aromatic heterocycles. The number of hydrogen-bond acceptors (Lipinski definition) is 5. The first-order chi connectivity index (χ1) is 9.52. The Hall–Kier alpha value is -2.74. The van der Waals surface area contributed by atoms with Crippen molar-refractivity contribution in [1.82, 2.24) is 15.2 Å². The molecule has 0 fully saturated rings. The van der Waals surface area contributed by atoms with Gasteiger partial charge in [0, 0.05) is 5.56 Å². The van der Waals surface area contributed by atoms with Gasteiger partial charge in [-0.15, -0.1) is 0 Å². The minimum Gasteiger partial charge on any atom is -0.358 e. The van der Waals surface area contributed by atoms with Gasteiger partial charge < -0.3 is 10.1 Å². The van der Waals surface area contributed by atoms with E-state index in [4.69, 9.17) is 5.84 Å². The number of rotatable bonds is 4. The van der Waals surface area contributed by atoms with E-state index in [9.17, 15) is 14.9 Å². The van der Waals surface area contributed by atoms with Crippen LogP contribution < -0.4 is 11.3 Å². The van der Waals surface area contributed by atoms with E-state index in [1.165, 1.54) is 4.68 Å². The van der Waals surface area contributed by atoms with Crippen molar-refractivity contribution in [2.45, 2.75) is 13.5 Å². The molecule has 1 amide bonds. The number of nitrogens with one attached hydrogen (secondary N) is 1. The minimum atomic E-state index is -0.537. The van der Waals surface area contributed by atoms with Gasteiger partial charge in [0.2, 0.25) is 0 Å². The van der Waals surface area contributed by atoms with Crippen molar-refractivity contribution < 1.29 is 9.72 Å². The zero-order chi connectivity index (χ0) is 14.7. The molecule has 0 radical (unpaired) electrons. The Labute approximate surface area is 114 Å². The van der Waals surface area contributed by atoms with E-state index in [2.05, 4.69) is 10.5 Å². The molecule has 2 rings (SSSR count). The maximum atomic E-state index is 11.6. The van der Waals surface area contributed by atoms with Gasteiger partial charge in [-0.1, -0.05) is 18.2 Å². The molecule has 0 bridgehead atoms. The zero-order valence-electron chi connectivity index (χ0n) is 10.7. The quantitative estimate of drug-likeness (QED) is 0.369. The number of nitrogens with two attached hydrogens (primary N) is 1. The summed E-state index contributed by atoms with van der Waals surface area (Å²) in [6, 6.07) is 6.86. The maximum absolute atomic E-state index is 11.6. The Balaban J connectivity index is 2.33. The van der Waals surface area contributed by atoms with Crippen LogP contribution in [0, 0.1) is 17.0 Å². The summed E-state index contributed by atoms with van der Waals surface area (Å²) in [5, 5.41) is 14.6. The SMILES string of the molecule is Cc1cn(Cc2ccccc2C(=O)NN)nc1[N+](=O)[O-]. The molecule has 0 spiro atoms. The lowest BCUT2D eigenvalue weighted by atomic mass is 10.1. The number of amides is 1. The van der Waals surface area contributed by atoms with Crippen LogP contribution in [0.15, 0.2) is 30.5 Å². The summed E-state index contributed by atoms with van der Waals surface area (Å²) in [6.07, 6.45) is 1.56. The largest absolute Gasteiger partial charge is 0.392 e. The zero-order valence-corrected chi connectivity index (χ0v) is 10.7. The molecule has 0 aliphatic rings. The summed E-state index contributed by atoms with van der Waals surface area (Å²) < 4.78 is 1.43. The lowest BCUT2D eigenvalue weighted by molar-refractivity contribution is -0.390. The second kappa shape index (κ2) is 5.49. The van der Waals surface area contributed by atoms with Crippen LogP contribution in [0.5, 0.6) is 0 Å². The topological polar surface area (TPSA) is 116 Å². The van der Waals surface area contributed by atoms with Crippen molar-refractivity contribution in [2.24, 2.45) is 5.84 Å². The third-order valence-corrected chi connectivity index (χ3v) is 2.82. The Bertz CT molecular complexity index is 665. The molecule has 0 atom stereocenters. The average molecular weight is 275 g/mol. The van der Waals surface area contributed by atoms with Crippen LogP contribution in [-0.2, 0) is 6.54 Å². The van der Waals surface area contributed by atoms with E-state index < -0.39 is 10.8 Å². The van der Waals surface area contributed by atoms with Crippen LogP contribution >= 0.6 is 0 Å². The number of hydrogen-bond donors (Lipinski definition) is 2. The van der Waals surface area contributed by atoms with Gasteiger partial charge in [-0.05, 0) is 23.5 Å². The number of nitrogen functional groups attached to an aromatic ring is 1. The highest BCUT2D eigenvalue weighted by molar-refractivity contribution is 5.95. The van der Waals surface area contributed by atoms with E-state index in [1.807, 2.05) is 0 Å². The maximum Gasteiger partial charge on any atom is 0.392 e. The smallest absolute Gasteiger partial charge is 0.358 e. The number of aryl methyl sites for hydroxylation is 1. The second-order valence-electron chi connectivity index (χ2n) is 4.22. The van der Waals surface area contributed by atoms with Crippen LogP contribution in [0.25, 0.3) is 0 Å². The molecule has 2 aromatic rings. The van der Waals surface area contributed by atoms with Gasteiger partial charge in [0.25, 0.3) is 5.91 Å². The fourth-order valence-electron chi connectivity index (χ4n) is 1.90. The summed E-state index contributed by atoms with van der Waals surface area (Å²) in [5.74, 6) is 4.52. The van der Waals surface area contributed by atoms with Crippen molar-refractivity contribution in [3.05, 3.63) is 57.3 Å². The number of hydrazine groups is 1.